The molecular weight excluding hydrogens is 398 g/mol. The SMILES string of the molecule is CC1(OC(=O)NC(CCO[C@H]2C[C@H](CCc3ccc4c(n3)NCCC4)C2)C(=O)O)CC1. The molecule has 2 aliphatic carbocycles. The highest BCUT2D eigenvalue weighted by atomic mass is 16.6. The van der Waals surface area contributed by atoms with Gasteiger partial charge in [-0.2, -0.15) is 0 Å². The van der Waals surface area contributed by atoms with Crippen molar-refractivity contribution in [1.29, 1.82) is 0 Å². The van der Waals surface area contributed by atoms with Crippen LogP contribution in [0, 0.1) is 5.92 Å². The first-order valence-electron chi connectivity index (χ1n) is 11.5. The number of rotatable bonds is 10. The first-order chi connectivity index (χ1) is 14.9. The Morgan fingerprint density at radius 1 is 1.35 bits per heavy atom. The maximum atomic E-state index is 11.8. The van der Waals surface area contributed by atoms with Gasteiger partial charge in [-0.1, -0.05) is 6.07 Å². The topological polar surface area (TPSA) is 110 Å². The number of nitrogens with one attached hydrogen (secondary N) is 2. The minimum absolute atomic E-state index is 0.176. The van der Waals surface area contributed by atoms with Gasteiger partial charge in [-0.25, -0.2) is 14.6 Å². The fourth-order valence-electron chi connectivity index (χ4n) is 4.19. The summed E-state index contributed by atoms with van der Waals surface area (Å²) in [5.41, 5.74) is 2.03. The molecule has 0 bridgehead atoms. The van der Waals surface area contributed by atoms with Crippen LogP contribution in [-0.4, -0.2) is 53.1 Å². The van der Waals surface area contributed by atoms with Crippen LogP contribution in [0.3, 0.4) is 0 Å². The molecule has 1 aromatic rings. The summed E-state index contributed by atoms with van der Waals surface area (Å²) < 4.78 is 11.1. The predicted octanol–water partition coefficient (Wildman–Crippen LogP) is 3.29. The van der Waals surface area contributed by atoms with E-state index in [1.54, 1.807) is 0 Å². The summed E-state index contributed by atoms with van der Waals surface area (Å²) in [5.74, 6) is 0.605. The Kier molecular flexibility index (Phi) is 6.65. The molecule has 1 aliphatic heterocycles. The van der Waals surface area contributed by atoms with E-state index in [1.165, 1.54) is 12.0 Å². The maximum Gasteiger partial charge on any atom is 0.408 e. The van der Waals surface area contributed by atoms with Crippen LogP contribution in [0.5, 0.6) is 0 Å². The minimum atomic E-state index is -1.07. The molecule has 4 rings (SSSR count). The third kappa shape index (κ3) is 6.09. The van der Waals surface area contributed by atoms with E-state index in [9.17, 15) is 14.7 Å². The number of carboxylic acid groups (broad SMARTS) is 1. The predicted molar refractivity (Wildman–Crippen MR) is 115 cm³/mol. The van der Waals surface area contributed by atoms with E-state index in [-0.39, 0.29) is 12.5 Å². The molecule has 31 heavy (non-hydrogen) atoms. The Bertz CT molecular complexity index is 804. The van der Waals surface area contributed by atoms with Crippen LogP contribution in [0.15, 0.2) is 12.1 Å². The van der Waals surface area contributed by atoms with E-state index in [4.69, 9.17) is 14.5 Å². The number of alkyl carbamates (subject to hydrolysis) is 1. The van der Waals surface area contributed by atoms with Gasteiger partial charge < -0.3 is 25.2 Å². The summed E-state index contributed by atoms with van der Waals surface area (Å²) in [4.78, 5) is 28.0. The van der Waals surface area contributed by atoms with Crippen LogP contribution < -0.4 is 10.6 Å². The lowest BCUT2D eigenvalue weighted by molar-refractivity contribution is -0.140. The number of aryl methyl sites for hydroxylation is 2. The first kappa shape index (κ1) is 21.9. The third-order valence-electron chi connectivity index (χ3n) is 6.60. The van der Waals surface area contributed by atoms with E-state index in [2.05, 4.69) is 22.8 Å². The first-order valence-corrected chi connectivity index (χ1v) is 11.5. The second kappa shape index (κ2) is 9.42. The highest BCUT2D eigenvalue weighted by molar-refractivity contribution is 5.80. The lowest BCUT2D eigenvalue weighted by Gasteiger charge is -2.35. The molecule has 0 spiro atoms. The summed E-state index contributed by atoms with van der Waals surface area (Å²) >= 11 is 0. The lowest BCUT2D eigenvalue weighted by Crippen LogP contribution is -2.43. The zero-order chi connectivity index (χ0) is 21.8. The number of amides is 1. The highest BCUT2D eigenvalue weighted by Crippen LogP contribution is 2.38. The average molecular weight is 432 g/mol. The number of carbonyl (C=O) groups is 2. The molecule has 0 saturated heterocycles. The standard InChI is InChI=1S/C23H33N3O5/c1-23(9-10-23)31-22(29)26-19(21(27)28)8-12-30-18-13-15(14-18)4-6-17-7-5-16-3-2-11-24-20(16)25-17/h5,7,15,18-19H,2-4,6,8-14H2,1H3,(H,24,25)(H,26,29)(H,27,28)/t15-,18-,19?. The van der Waals surface area contributed by atoms with Gasteiger partial charge in [0.15, 0.2) is 0 Å². The second-order valence-corrected chi connectivity index (χ2v) is 9.37. The zero-order valence-electron chi connectivity index (χ0n) is 18.2. The number of carboxylic acids is 1. The van der Waals surface area contributed by atoms with Crippen molar-refractivity contribution in [3.8, 4) is 0 Å². The molecule has 8 heteroatoms. The summed E-state index contributed by atoms with van der Waals surface area (Å²) in [7, 11) is 0. The van der Waals surface area contributed by atoms with E-state index < -0.39 is 23.7 Å². The number of nitrogens with zero attached hydrogens (tertiary/aromatic N) is 1. The number of hydrogen-bond acceptors (Lipinski definition) is 6. The number of carbonyl (C=O) groups excluding carboxylic acids is 1. The molecule has 3 N–H and O–H groups in total. The van der Waals surface area contributed by atoms with E-state index in [0.29, 0.717) is 12.5 Å². The molecule has 2 fully saturated rings. The molecule has 170 valence electrons. The average Bonchev–Trinajstić information content (AvgIpc) is 3.44. The molecule has 3 aliphatic rings. The lowest BCUT2D eigenvalue weighted by atomic mass is 9.79. The monoisotopic (exact) mass is 431 g/mol. The number of ether oxygens (including phenoxy) is 2. The van der Waals surface area contributed by atoms with Crippen LogP contribution in [0.25, 0.3) is 0 Å². The summed E-state index contributed by atoms with van der Waals surface area (Å²) in [6.07, 6.45) is 7.72. The number of fused-ring (bicyclic) bond motifs is 1. The molecular formula is C23H33N3O5. The van der Waals surface area contributed by atoms with Crippen molar-refractivity contribution in [3.05, 3.63) is 23.4 Å². The number of pyridine rings is 1. The van der Waals surface area contributed by atoms with Gasteiger partial charge in [0.25, 0.3) is 0 Å². The van der Waals surface area contributed by atoms with Gasteiger partial charge in [-0.15, -0.1) is 0 Å². The Labute approximate surface area is 183 Å². The van der Waals surface area contributed by atoms with Gasteiger partial charge in [0.2, 0.25) is 0 Å². The molecule has 1 atom stereocenters. The van der Waals surface area contributed by atoms with Gasteiger partial charge >= 0.3 is 12.1 Å². The van der Waals surface area contributed by atoms with Gasteiger partial charge in [0.05, 0.1) is 6.10 Å². The van der Waals surface area contributed by atoms with Crippen LogP contribution >= 0.6 is 0 Å². The van der Waals surface area contributed by atoms with Crippen molar-refractivity contribution in [2.45, 2.75) is 82.5 Å². The molecule has 2 heterocycles. The van der Waals surface area contributed by atoms with Gasteiger partial charge in [0, 0.05) is 25.3 Å². The second-order valence-electron chi connectivity index (χ2n) is 9.37. The van der Waals surface area contributed by atoms with Crippen LogP contribution in [0.4, 0.5) is 10.6 Å². The Hall–Kier alpha value is -2.35. The van der Waals surface area contributed by atoms with E-state index >= 15 is 0 Å². The van der Waals surface area contributed by atoms with Crippen molar-refractivity contribution < 1.29 is 24.2 Å². The van der Waals surface area contributed by atoms with E-state index in [0.717, 1.165) is 63.0 Å². The fourth-order valence-corrected chi connectivity index (χ4v) is 4.19. The van der Waals surface area contributed by atoms with Crippen LogP contribution in [0.1, 0.15) is 63.1 Å². The normalized spacial score (nSPS) is 24.2. The molecule has 0 aromatic carbocycles. The largest absolute Gasteiger partial charge is 0.480 e. The number of aromatic nitrogens is 1. The Balaban J connectivity index is 1.11. The molecule has 1 aromatic heterocycles. The quantitative estimate of drug-likeness (QED) is 0.521. The van der Waals surface area contributed by atoms with Gasteiger partial charge in [0.1, 0.15) is 17.5 Å². The molecule has 8 nitrogen and oxygen atoms in total. The minimum Gasteiger partial charge on any atom is -0.480 e. The van der Waals surface area contributed by atoms with Crippen molar-refractivity contribution in [2.75, 3.05) is 18.5 Å². The van der Waals surface area contributed by atoms with Crippen molar-refractivity contribution in [2.24, 2.45) is 5.92 Å². The smallest absolute Gasteiger partial charge is 0.408 e. The van der Waals surface area contributed by atoms with Crippen molar-refractivity contribution in [3.63, 3.8) is 0 Å². The molecule has 1 amide bonds. The zero-order valence-corrected chi connectivity index (χ0v) is 18.2. The number of anilines is 1. The summed E-state index contributed by atoms with van der Waals surface area (Å²) in [6, 6.07) is 3.35. The van der Waals surface area contributed by atoms with Crippen LogP contribution in [-0.2, 0) is 27.1 Å². The van der Waals surface area contributed by atoms with E-state index in [1.807, 2.05) is 6.92 Å². The van der Waals surface area contributed by atoms with Crippen molar-refractivity contribution in [1.82, 2.24) is 10.3 Å². The number of hydrogen-bond donors (Lipinski definition) is 3. The maximum absolute atomic E-state index is 11.8. The molecule has 1 unspecified atom stereocenters. The Morgan fingerprint density at radius 3 is 2.90 bits per heavy atom. The number of aliphatic carboxylic acids is 1. The van der Waals surface area contributed by atoms with Crippen molar-refractivity contribution >= 4 is 17.9 Å². The summed E-state index contributed by atoms with van der Waals surface area (Å²) in [5, 5.41) is 15.2. The molecule has 2 saturated carbocycles. The van der Waals surface area contributed by atoms with Crippen LogP contribution in [0.2, 0.25) is 0 Å². The third-order valence-corrected chi connectivity index (χ3v) is 6.60. The van der Waals surface area contributed by atoms with Gasteiger partial charge in [-0.3, -0.25) is 0 Å². The fraction of sp³-hybridized carbons (Fsp3) is 0.696. The highest BCUT2D eigenvalue weighted by Gasteiger charge is 2.42. The molecule has 0 radical (unpaired) electrons. The summed E-state index contributed by atoms with van der Waals surface area (Å²) in [6.45, 7) is 3.16. The Morgan fingerprint density at radius 2 is 2.16 bits per heavy atom. The van der Waals surface area contributed by atoms with Gasteiger partial charge in [-0.05, 0) is 75.8 Å².